The fourth-order valence-electron chi connectivity index (χ4n) is 3.01. The molecule has 9 heteroatoms. The maximum atomic E-state index is 12.8. The van der Waals surface area contributed by atoms with Crippen LogP contribution in [0.3, 0.4) is 0 Å². The SMILES string of the molecule is O=C(NCc1ccccn1)C1CCN(S(=O)(=O)c2ccc(Cl)cc2Cl)CC1. The Hall–Kier alpha value is -1.67. The van der Waals surface area contributed by atoms with E-state index in [1.807, 2.05) is 18.2 Å². The van der Waals surface area contributed by atoms with Crippen LogP contribution in [0.15, 0.2) is 47.5 Å². The van der Waals surface area contributed by atoms with Crippen molar-refractivity contribution in [2.75, 3.05) is 13.1 Å². The minimum absolute atomic E-state index is 0.0339. The molecule has 1 aromatic heterocycles. The number of halogens is 2. The highest BCUT2D eigenvalue weighted by molar-refractivity contribution is 7.89. The Labute approximate surface area is 168 Å². The van der Waals surface area contributed by atoms with Gasteiger partial charge in [-0.3, -0.25) is 9.78 Å². The topological polar surface area (TPSA) is 79.4 Å². The van der Waals surface area contributed by atoms with Gasteiger partial charge in [0, 0.05) is 30.2 Å². The van der Waals surface area contributed by atoms with E-state index in [0.29, 0.717) is 24.4 Å². The van der Waals surface area contributed by atoms with Crippen LogP contribution >= 0.6 is 23.2 Å². The van der Waals surface area contributed by atoms with Crippen molar-refractivity contribution in [2.45, 2.75) is 24.3 Å². The molecule has 1 aliphatic heterocycles. The molecule has 6 nitrogen and oxygen atoms in total. The third-order valence-corrected chi connectivity index (χ3v) is 7.12. The highest BCUT2D eigenvalue weighted by Gasteiger charge is 2.33. The average Bonchev–Trinajstić information content (AvgIpc) is 2.66. The van der Waals surface area contributed by atoms with E-state index in [2.05, 4.69) is 10.3 Å². The highest BCUT2D eigenvalue weighted by atomic mass is 35.5. The lowest BCUT2D eigenvalue weighted by Gasteiger charge is -2.30. The molecular weight excluding hydrogens is 409 g/mol. The van der Waals surface area contributed by atoms with Gasteiger partial charge in [-0.15, -0.1) is 0 Å². The van der Waals surface area contributed by atoms with E-state index in [0.717, 1.165) is 5.69 Å². The number of piperidine rings is 1. The smallest absolute Gasteiger partial charge is 0.244 e. The van der Waals surface area contributed by atoms with Gasteiger partial charge in [-0.05, 0) is 43.2 Å². The van der Waals surface area contributed by atoms with E-state index in [9.17, 15) is 13.2 Å². The molecule has 0 saturated carbocycles. The van der Waals surface area contributed by atoms with Crippen LogP contribution in [0, 0.1) is 5.92 Å². The van der Waals surface area contributed by atoms with E-state index in [1.54, 1.807) is 6.20 Å². The van der Waals surface area contributed by atoms with Crippen molar-refractivity contribution in [3.8, 4) is 0 Å². The summed E-state index contributed by atoms with van der Waals surface area (Å²) in [4.78, 5) is 16.5. The molecule has 0 atom stereocenters. The normalized spacial score (nSPS) is 16.2. The number of benzene rings is 1. The van der Waals surface area contributed by atoms with Crippen LogP contribution in [0.5, 0.6) is 0 Å². The van der Waals surface area contributed by atoms with Gasteiger partial charge in [0.15, 0.2) is 0 Å². The number of rotatable bonds is 5. The van der Waals surface area contributed by atoms with Crippen molar-refractivity contribution < 1.29 is 13.2 Å². The number of pyridine rings is 1. The molecule has 1 saturated heterocycles. The summed E-state index contributed by atoms with van der Waals surface area (Å²) in [6.07, 6.45) is 2.59. The molecule has 0 radical (unpaired) electrons. The van der Waals surface area contributed by atoms with Gasteiger partial charge in [0.2, 0.25) is 15.9 Å². The second kappa shape index (κ2) is 8.56. The van der Waals surface area contributed by atoms with Crippen LogP contribution in [0.25, 0.3) is 0 Å². The lowest BCUT2D eigenvalue weighted by atomic mass is 9.97. The largest absolute Gasteiger partial charge is 0.350 e. The maximum absolute atomic E-state index is 12.8. The van der Waals surface area contributed by atoms with Gasteiger partial charge in [0.25, 0.3) is 0 Å². The molecule has 144 valence electrons. The van der Waals surface area contributed by atoms with Crippen LogP contribution < -0.4 is 5.32 Å². The van der Waals surface area contributed by atoms with Crippen LogP contribution in [-0.4, -0.2) is 36.7 Å². The van der Waals surface area contributed by atoms with Gasteiger partial charge in [-0.1, -0.05) is 29.3 Å². The Balaban J connectivity index is 1.58. The Kier molecular flexibility index (Phi) is 6.37. The third-order valence-electron chi connectivity index (χ3n) is 4.51. The lowest BCUT2D eigenvalue weighted by molar-refractivity contribution is -0.126. The summed E-state index contributed by atoms with van der Waals surface area (Å²) >= 11 is 11.9. The molecule has 1 aromatic carbocycles. The first kappa shape index (κ1) is 20.1. The summed E-state index contributed by atoms with van der Waals surface area (Å²) in [7, 11) is -3.71. The molecule has 2 aromatic rings. The zero-order chi connectivity index (χ0) is 19.4. The quantitative estimate of drug-likeness (QED) is 0.794. The van der Waals surface area contributed by atoms with E-state index in [-0.39, 0.29) is 34.8 Å². The Morgan fingerprint density at radius 2 is 1.93 bits per heavy atom. The molecule has 3 rings (SSSR count). The van der Waals surface area contributed by atoms with Gasteiger partial charge in [0.05, 0.1) is 17.3 Å². The number of nitrogens with one attached hydrogen (secondary N) is 1. The van der Waals surface area contributed by atoms with Gasteiger partial charge in [-0.2, -0.15) is 4.31 Å². The van der Waals surface area contributed by atoms with Crippen LogP contribution in [-0.2, 0) is 21.4 Å². The molecule has 0 bridgehead atoms. The van der Waals surface area contributed by atoms with Crippen LogP contribution in [0.4, 0.5) is 0 Å². The summed E-state index contributed by atoms with van der Waals surface area (Å²) in [5.41, 5.74) is 0.781. The van der Waals surface area contributed by atoms with Crippen molar-refractivity contribution in [3.05, 3.63) is 58.3 Å². The van der Waals surface area contributed by atoms with E-state index in [1.165, 1.54) is 22.5 Å². The van der Waals surface area contributed by atoms with Crippen molar-refractivity contribution in [1.82, 2.24) is 14.6 Å². The van der Waals surface area contributed by atoms with Crippen LogP contribution in [0.2, 0.25) is 10.0 Å². The number of carbonyl (C=O) groups is 1. The zero-order valence-corrected chi connectivity index (χ0v) is 16.8. The van der Waals surface area contributed by atoms with Crippen molar-refractivity contribution in [3.63, 3.8) is 0 Å². The van der Waals surface area contributed by atoms with Gasteiger partial charge in [-0.25, -0.2) is 8.42 Å². The molecule has 2 heterocycles. The number of hydrogen-bond acceptors (Lipinski definition) is 4. The minimum atomic E-state index is -3.71. The predicted molar refractivity (Wildman–Crippen MR) is 104 cm³/mol. The summed E-state index contributed by atoms with van der Waals surface area (Å²) in [6, 6.07) is 9.83. The summed E-state index contributed by atoms with van der Waals surface area (Å²) < 4.78 is 27.0. The second-order valence-electron chi connectivity index (χ2n) is 6.29. The Morgan fingerprint density at radius 1 is 1.19 bits per heavy atom. The van der Waals surface area contributed by atoms with E-state index in [4.69, 9.17) is 23.2 Å². The van der Waals surface area contributed by atoms with E-state index < -0.39 is 10.0 Å². The second-order valence-corrected chi connectivity index (χ2v) is 9.04. The molecule has 0 aliphatic carbocycles. The molecule has 27 heavy (non-hydrogen) atoms. The monoisotopic (exact) mass is 427 g/mol. The van der Waals surface area contributed by atoms with Crippen molar-refractivity contribution in [2.24, 2.45) is 5.92 Å². The summed E-state index contributed by atoms with van der Waals surface area (Å²) in [5, 5.41) is 3.34. The van der Waals surface area contributed by atoms with Crippen molar-refractivity contribution >= 4 is 39.1 Å². The fraction of sp³-hybridized carbons (Fsp3) is 0.333. The maximum Gasteiger partial charge on any atom is 0.244 e. The standard InChI is InChI=1S/C18H19Cl2N3O3S/c19-14-4-5-17(16(20)11-14)27(25,26)23-9-6-13(7-10-23)18(24)22-12-15-3-1-2-8-21-15/h1-5,8,11,13H,6-7,9-10,12H2,(H,22,24). The number of nitrogens with zero attached hydrogens (tertiary/aromatic N) is 2. The molecule has 1 fully saturated rings. The zero-order valence-electron chi connectivity index (χ0n) is 14.4. The van der Waals surface area contributed by atoms with Gasteiger partial charge in [0.1, 0.15) is 4.90 Å². The number of hydrogen-bond donors (Lipinski definition) is 1. The molecule has 0 unspecified atom stereocenters. The number of carbonyl (C=O) groups excluding carboxylic acids is 1. The summed E-state index contributed by atoms with van der Waals surface area (Å²) in [5.74, 6) is -0.303. The first-order chi connectivity index (χ1) is 12.9. The van der Waals surface area contributed by atoms with Crippen LogP contribution in [0.1, 0.15) is 18.5 Å². The highest BCUT2D eigenvalue weighted by Crippen LogP contribution is 2.30. The lowest BCUT2D eigenvalue weighted by Crippen LogP contribution is -2.43. The Bertz CT molecular complexity index is 915. The molecule has 1 N–H and O–H groups in total. The van der Waals surface area contributed by atoms with Crippen molar-refractivity contribution in [1.29, 1.82) is 0 Å². The summed E-state index contributed by atoms with van der Waals surface area (Å²) in [6.45, 7) is 0.893. The van der Waals surface area contributed by atoms with Gasteiger partial charge < -0.3 is 5.32 Å². The molecule has 1 aliphatic rings. The average molecular weight is 428 g/mol. The minimum Gasteiger partial charge on any atom is -0.350 e. The number of amides is 1. The molecule has 1 amide bonds. The predicted octanol–water partition coefficient (Wildman–Crippen LogP) is 3.11. The van der Waals surface area contributed by atoms with Gasteiger partial charge >= 0.3 is 0 Å². The fourth-order valence-corrected chi connectivity index (χ4v) is 5.22. The molecule has 0 spiro atoms. The number of sulfonamides is 1. The first-order valence-electron chi connectivity index (χ1n) is 8.51. The third kappa shape index (κ3) is 4.79. The molecular formula is C18H19Cl2N3O3S. The number of aromatic nitrogens is 1. The first-order valence-corrected chi connectivity index (χ1v) is 10.7. The Morgan fingerprint density at radius 3 is 2.56 bits per heavy atom. The van der Waals surface area contributed by atoms with E-state index >= 15 is 0 Å².